The molecule has 2 N–H and O–H groups in total. The number of aliphatic hydroxyl groups is 1. The summed E-state index contributed by atoms with van der Waals surface area (Å²) in [5.74, 6) is -0.264. The molecule has 1 saturated carbocycles. The van der Waals surface area contributed by atoms with Gasteiger partial charge in [0.05, 0.1) is 30.5 Å². The van der Waals surface area contributed by atoms with Crippen LogP contribution in [0.3, 0.4) is 0 Å². The molecule has 0 radical (unpaired) electrons. The van der Waals surface area contributed by atoms with Crippen LogP contribution in [0.2, 0.25) is 0 Å². The number of phenolic OH excluding ortho intramolecular Hbond substituents is 1. The third kappa shape index (κ3) is 4.75. The van der Waals surface area contributed by atoms with Crippen LogP contribution in [0.25, 0.3) is 5.57 Å². The first kappa shape index (κ1) is 27.5. The van der Waals surface area contributed by atoms with E-state index in [0.717, 1.165) is 11.1 Å². The lowest BCUT2D eigenvalue weighted by atomic mass is 9.75. The third-order valence-electron chi connectivity index (χ3n) is 7.67. The molecule has 0 bridgehead atoms. The van der Waals surface area contributed by atoms with E-state index in [2.05, 4.69) is 0 Å². The number of aldehydes is 1. The number of ether oxygens (including phenoxy) is 4. The third-order valence-corrected chi connectivity index (χ3v) is 7.67. The van der Waals surface area contributed by atoms with Crippen LogP contribution in [-0.4, -0.2) is 53.7 Å². The lowest BCUT2D eigenvalue weighted by Crippen LogP contribution is -2.39. The number of ketones is 1. The molecule has 0 aromatic heterocycles. The second-order valence-electron chi connectivity index (χ2n) is 10.7. The summed E-state index contributed by atoms with van der Waals surface area (Å²) in [5, 5.41) is 20.4. The smallest absolute Gasteiger partial charge is 0.375 e. The van der Waals surface area contributed by atoms with Crippen molar-refractivity contribution in [3.05, 3.63) is 63.9 Å². The van der Waals surface area contributed by atoms with Crippen LogP contribution in [0.15, 0.2) is 47.2 Å². The van der Waals surface area contributed by atoms with Crippen LogP contribution in [0, 0.1) is 0 Å². The predicted octanol–water partition coefficient (Wildman–Crippen LogP) is 4.17. The Balaban J connectivity index is 1.73. The van der Waals surface area contributed by atoms with E-state index < -0.39 is 23.6 Å². The van der Waals surface area contributed by atoms with Crippen molar-refractivity contribution in [2.45, 2.75) is 64.1 Å². The van der Waals surface area contributed by atoms with Gasteiger partial charge in [-0.1, -0.05) is 17.7 Å². The molecule has 2 aromatic carbocycles. The van der Waals surface area contributed by atoms with Crippen molar-refractivity contribution in [2.75, 3.05) is 13.7 Å². The molecule has 2 atom stereocenters. The number of aromatic hydroxyl groups is 1. The van der Waals surface area contributed by atoms with E-state index in [9.17, 15) is 24.6 Å². The molecular formula is C31H32O9. The maximum atomic E-state index is 13.0. The number of fused-ring (bicyclic) bond motifs is 2. The Labute approximate surface area is 232 Å². The molecule has 2 aliphatic heterocycles. The topological polar surface area (TPSA) is 129 Å². The van der Waals surface area contributed by atoms with Gasteiger partial charge in [0.2, 0.25) is 5.76 Å². The van der Waals surface area contributed by atoms with E-state index >= 15 is 0 Å². The zero-order valence-corrected chi connectivity index (χ0v) is 22.9. The molecule has 5 rings (SSSR count). The summed E-state index contributed by atoms with van der Waals surface area (Å²) in [5.41, 5.74) is 2.10. The van der Waals surface area contributed by atoms with Crippen molar-refractivity contribution >= 4 is 23.6 Å². The summed E-state index contributed by atoms with van der Waals surface area (Å²) in [7, 11) is 1.50. The van der Waals surface area contributed by atoms with Gasteiger partial charge in [0.1, 0.15) is 34.9 Å². The fourth-order valence-electron chi connectivity index (χ4n) is 5.66. The molecule has 9 nitrogen and oxygen atoms in total. The highest BCUT2D eigenvalue weighted by Gasteiger charge is 2.42. The van der Waals surface area contributed by atoms with Crippen molar-refractivity contribution in [1.29, 1.82) is 0 Å². The molecule has 1 fully saturated rings. The van der Waals surface area contributed by atoms with Gasteiger partial charge in [-0.05, 0) is 51.3 Å². The van der Waals surface area contributed by atoms with E-state index in [-0.39, 0.29) is 41.6 Å². The molecule has 3 aliphatic rings. The molecule has 0 spiro atoms. The van der Waals surface area contributed by atoms with Crippen LogP contribution in [0.5, 0.6) is 23.0 Å². The summed E-state index contributed by atoms with van der Waals surface area (Å²) in [6.07, 6.45) is 1.29. The van der Waals surface area contributed by atoms with Crippen LogP contribution in [-0.2, 0) is 25.5 Å². The molecule has 0 saturated heterocycles. The maximum absolute atomic E-state index is 13.0. The summed E-state index contributed by atoms with van der Waals surface area (Å²) in [6, 6.07) is 8.15. The Morgan fingerprint density at radius 2 is 1.88 bits per heavy atom. The molecule has 2 heterocycles. The lowest BCUT2D eigenvalue weighted by molar-refractivity contribution is -0.141. The molecule has 9 heteroatoms. The Kier molecular flexibility index (Phi) is 7.18. The molecule has 40 heavy (non-hydrogen) atoms. The molecular weight excluding hydrogens is 516 g/mol. The largest absolute Gasteiger partial charge is 0.508 e. The van der Waals surface area contributed by atoms with E-state index in [1.807, 2.05) is 0 Å². The van der Waals surface area contributed by atoms with Crippen LogP contribution < -0.4 is 14.2 Å². The van der Waals surface area contributed by atoms with Gasteiger partial charge in [-0.3, -0.25) is 9.59 Å². The van der Waals surface area contributed by atoms with Gasteiger partial charge in [0.25, 0.3) is 0 Å². The first-order valence-electron chi connectivity index (χ1n) is 13.3. The fraction of sp³-hybridized carbons (Fsp3) is 0.387. The first-order valence-corrected chi connectivity index (χ1v) is 13.3. The first-order chi connectivity index (χ1) is 19.1. The number of carbonyl (C=O) groups is 3. The minimum Gasteiger partial charge on any atom is -0.508 e. The molecule has 0 amide bonds. The minimum atomic E-state index is -1.14. The SMILES string of the molecule is CCOC(=O)C1=C(C=O)/C(=C2\CCC(=O)[C@@H](c3ccc(O)cc3)C2)c2c(cc3c(c2OC)C[C@@H](C(C)(C)O)O3)O1. The van der Waals surface area contributed by atoms with Crippen LogP contribution in [0.4, 0.5) is 0 Å². The van der Waals surface area contributed by atoms with Crippen molar-refractivity contribution < 1.29 is 43.5 Å². The van der Waals surface area contributed by atoms with E-state index in [0.29, 0.717) is 53.7 Å². The van der Waals surface area contributed by atoms with E-state index in [1.54, 1.807) is 39.0 Å². The minimum absolute atomic E-state index is 0.0240. The second kappa shape index (κ2) is 10.5. The Morgan fingerprint density at radius 1 is 1.15 bits per heavy atom. The van der Waals surface area contributed by atoms with Crippen molar-refractivity contribution in [1.82, 2.24) is 0 Å². The monoisotopic (exact) mass is 548 g/mol. The van der Waals surface area contributed by atoms with Crippen molar-refractivity contribution in [3.8, 4) is 23.0 Å². The van der Waals surface area contributed by atoms with E-state index in [1.165, 1.54) is 19.2 Å². The van der Waals surface area contributed by atoms with Crippen molar-refractivity contribution in [3.63, 3.8) is 0 Å². The van der Waals surface area contributed by atoms with E-state index in [4.69, 9.17) is 18.9 Å². The highest BCUT2D eigenvalue weighted by atomic mass is 16.6. The maximum Gasteiger partial charge on any atom is 0.375 e. The van der Waals surface area contributed by atoms with Gasteiger partial charge in [-0.15, -0.1) is 0 Å². The van der Waals surface area contributed by atoms with Gasteiger partial charge in [0, 0.05) is 36.0 Å². The number of Topliss-reactive ketones (excluding diaryl/α,β-unsaturated/α-hetero) is 1. The number of carbonyl (C=O) groups excluding carboxylic acids is 3. The number of allylic oxidation sites excluding steroid dienone is 3. The van der Waals surface area contributed by atoms with Gasteiger partial charge in [-0.2, -0.15) is 0 Å². The fourth-order valence-corrected chi connectivity index (χ4v) is 5.66. The highest BCUT2D eigenvalue weighted by molar-refractivity contribution is 6.10. The van der Waals surface area contributed by atoms with Gasteiger partial charge in [-0.25, -0.2) is 4.79 Å². The van der Waals surface area contributed by atoms with Crippen LogP contribution in [0.1, 0.15) is 62.6 Å². The number of methoxy groups -OCH3 is 1. The number of hydrogen-bond acceptors (Lipinski definition) is 9. The average Bonchev–Trinajstić information content (AvgIpc) is 3.36. The summed E-state index contributed by atoms with van der Waals surface area (Å²) < 4.78 is 23.2. The standard InChI is InChI=1S/C31H32O9/c1-5-38-30(35)29-21(15-32)26(17-8-11-22(34)19(12-17)16-6-9-18(33)10-7-16)27-24(40-29)14-23-20(28(27)37-4)13-25(39-23)31(2,3)36/h6-7,9-10,14-15,19,25,33,36H,5,8,11-13H2,1-4H3/b26-17-/t19-,25+/m1/s1. The number of esters is 1. The summed E-state index contributed by atoms with van der Waals surface area (Å²) >= 11 is 0. The predicted molar refractivity (Wildman–Crippen MR) is 144 cm³/mol. The Bertz CT molecular complexity index is 1440. The number of hydrogen-bond donors (Lipinski definition) is 2. The summed E-state index contributed by atoms with van der Waals surface area (Å²) in [4.78, 5) is 38.7. The second-order valence-corrected chi connectivity index (χ2v) is 10.7. The number of benzene rings is 2. The molecule has 210 valence electrons. The average molecular weight is 549 g/mol. The van der Waals surface area contributed by atoms with Crippen LogP contribution >= 0.6 is 0 Å². The van der Waals surface area contributed by atoms with Gasteiger partial charge >= 0.3 is 5.97 Å². The van der Waals surface area contributed by atoms with Gasteiger partial charge < -0.3 is 29.2 Å². The molecule has 0 unspecified atom stereocenters. The highest BCUT2D eigenvalue weighted by Crippen LogP contribution is 2.54. The number of phenols is 1. The van der Waals surface area contributed by atoms with Gasteiger partial charge in [0.15, 0.2) is 6.29 Å². The zero-order valence-electron chi connectivity index (χ0n) is 22.9. The summed E-state index contributed by atoms with van der Waals surface area (Å²) in [6.45, 7) is 5.06. The molecule has 1 aliphatic carbocycles. The Hall–Kier alpha value is -4.11. The molecule has 2 aromatic rings. The zero-order chi connectivity index (χ0) is 28.8. The lowest BCUT2D eigenvalue weighted by Gasteiger charge is -2.31. The van der Waals surface area contributed by atoms with Crippen molar-refractivity contribution in [2.24, 2.45) is 0 Å². The number of rotatable bonds is 6. The Morgan fingerprint density at radius 3 is 2.50 bits per heavy atom. The quantitative estimate of drug-likeness (QED) is 0.404. The normalized spacial score (nSPS) is 22.2.